The van der Waals surface area contributed by atoms with Crippen molar-refractivity contribution in [2.45, 2.75) is 24.8 Å². The van der Waals surface area contributed by atoms with Crippen molar-refractivity contribution in [3.63, 3.8) is 0 Å². The van der Waals surface area contributed by atoms with Crippen LogP contribution in [0.5, 0.6) is 0 Å². The minimum atomic E-state index is 0.463. The zero-order chi connectivity index (χ0) is 15.4. The predicted octanol–water partition coefficient (Wildman–Crippen LogP) is 3.53. The summed E-state index contributed by atoms with van der Waals surface area (Å²) in [6.45, 7) is 1.89. The molecule has 2 aromatic heterocycles. The second-order valence-corrected chi connectivity index (χ2v) is 7.28. The van der Waals surface area contributed by atoms with Gasteiger partial charge in [-0.2, -0.15) is 0 Å². The molecule has 1 aliphatic heterocycles. The van der Waals surface area contributed by atoms with Gasteiger partial charge in [-0.05, 0) is 40.9 Å². The van der Waals surface area contributed by atoms with E-state index in [0.717, 1.165) is 29.0 Å². The van der Waals surface area contributed by atoms with Crippen LogP contribution in [0.3, 0.4) is 0 Å². The van der Waals surface area contributed by atoms with E-state index in [9.17, 15) is 0 Å². The maximum absolute atomic E-state index is 4.89. The van der Waals surface area contributed by atoms with Gasteiger partial charge in [0.25, 0.3) is 0 Å². The first-order chi connectivity index (χ1) is 11.3. The van der Waals surface area contributed by atoms with Crippen molar-refractivity contribution in [3.8, 4) is 0 Å². The first-order valence-corrected chi connectivity index (χ1v) is 8.78. The van der Waals surface area contributed by atoms with Crippen LogP contribution in [0.25, 0.3) is 11.0 Å². The Bertz CT molecular complexity index is 862. The lowest BCUT2D eigenvalue weighted by Crippen LogP contribution is -2.49. The quantitative estimate of drug-likeness (QED) is 0.708. The Balaban J connectivity index is 1.46. The van der Waals surface area contributed by atoms with Gasteiger partial charge in [-0.3, -0.25) is 0 Å². The van der Waals surface area contributed by atoms with Crippen LogP contribution < -0.4 is 4.90 Å². The lowest BCUT2D eigenvalue weighted by atomic mass is 10.1. The number of imidazole rings is 1. The second kappa shape index (κ2) is 5.03. The summed E-state index contributed by atoms with van der Waals surface area (Å²) in [4.78, 5) is 15.9. The molecule has 1 saturated heterocycles. The molecule has 2 fully saturated rings. The third-order valence-corrected chi connectivity index (χ3v) is 5.09. The largest absolute Gasteiger partial charge is 0.337 e. The zero-order valence-corrected chi connectivity index (χ0v) is 14.1. The van der Waals surface area contributed by atoms with Crippen LogP contribution in [-0.4, -0.2) is 32.6 Å². The molecule has 23 heavy (non-hydrogen) atoms. The molecule has 0 atom stereocenters. The van der Waals surface area contributed by atoms with Gasteiger partial charge in [0, 0.05) is 31.4 Å². The summed E-state index contributed by atoms with van der Waals surface area (Å²) in [5, 5.41) is 0. The van der Waals surface area contributed by atoms with Gasteiger partial charge in [0.2, 0.25) is 5.95 Å². The molecule has 116 valence electrons. The second-order valence-electron chi connectivity index (χ2n) is 6.36. The van der Waals surface area contributed by atoms with E-state index in [1.54, 1.807) is 12.4 Å². The highest BCUT2D eigenvalue weighted by atomic mass is 79.9. The maximum atomic E-state index is 4.89. The van der Waals surface area contributed by atoms with Gasteiger partial charge in [-0.15, -0.1) is 0 Å². The molecule has 1 aromatic carbocycles. The molecule has 0 bridgehead atoms. The smallest absolute Gasteiger partial charge is 0.225 e. The highest BCUT2D eigenvalue weighted by molar-refractivity contribution is 9.10. The van der Waals surface area contributed by atoms with Crippen molar-refractivity contribution in [1.82, 2.24) is 19.5 Å². The highest BCUT2D eigenvalue weighted by Gasteiger charge is 2.36. The Morgan fingerprint density at radius 2 is 1.78 bits per heavy atom. The number of fused-ring (bicyclic) bond motifs is 1. The van der Waals surface area contributed by atoms with E-state index in [1.165, 1.54) is 24.2 Å². The summed E-state index contributed by atoms with van der Waals surface area (Å²) in [5.41, 5.74) is 2.38. The van der Waals surface area contributed by atoms with Gasteiger partial charge in [-0.1, -0.05) is 12.1 Å². The molecule has 0 unspecified atom stereocenters. The number of hydrogen-bond acceptors (Lipinski definition) is 4. The molecule has 0 spiro atoms. The number of benzene rings is 1. The molecule has 6 heteroatoms. The molecule has 0 amide bonds. The third kappa shape index (κ3) is 2.24. The Morgan fingerprint density at radius 3 is 2.52 bits per heavy atom. The molecule has 5 rings (SSSR count). The standard InChI is InChI=1S/C17H16BrN5/c18-12-7-19-17(20-8-12)22-9-13(10-22)23-15-4-2-1-3-14(15)21-16(23)11-5-6-11/h1-4,7-8,11,13H,5-6,9-10H2. The average molecular weight is 370 g/mol. The number of nitrogens with zero attached hydrogens (tertiary/aromatic N) is 5. The molecule has 0 radical (unpaired) electrons. The minimum Gasteiger partial charge on any atom is -0.337 e. The number of para-hydroxylation sites is 2. The molecule has 3 aromatic rings. The number of anilines is 1. The summed E-state index contributed by atoms with van der Waals surface area (Å²) in [7, 11) is 0. The van der Waals surface area contributed by atoms with E-state index in [4.69, 9.17) is 4.98 Å². The van der Waals surface area contributed by atoms with E-state index in [2.05, 4.69) is 59.6 Å². The summed E-state index contributed by atoms with van der Waals surface area (Å²) < 4.78 is 3.37. The number of hydrogen-bond donors (Lipinski definition) is 0. The molecular weight excluding hydrogens is 354 g/mol. The molecular formula is C17H16BrN5. The van der Waals surface area contributed by atoms with Gasteiger partial charge >= 0.3 is 0 Å². The first kappa shape index (κ1) is 13.5. The van der Waals surface area contributed by atoms with Crippen LogP contribution in [0.15, 0.2) is 41.1 Å². The molecule has 1 aliphatic carbocycles. The Kier molecular flexibility index (Phi) is 2.95. The van der Waals surface area contributed by atoms with Crippen molar-refractivity contribution in [1.29, 1.82) is 0 Å². The maximum Gasteiger partial charge on any atom is 0.225 e. The number of halogens is 1. The van der Waals surface area contributed by atoms with Crippen molar-refractivity contribution in [3.05, 3.63) is 47.0 Å². The lowest BCUT2D eigenvalue weighted by Gasteiger charge is -2.40. The van der Waals surface area contributed by atoms with Gasteiger partial charge < -0.3 is 9.47 Å². The minimum absolute atomic E-state index is 0.463. The van der Waals surface area contributed by atoms with Crippen LogP contribution in [0.2, 0.25) is 0 Å². The molecule has 3 heterocycles. The fourth-order valence-electron chi connectivity index (χ4n) is 3.33. The molecule has 1 saturated carbocycles. The van der Waals surface area contributed by atoms with Crippen molar-refractivity contribution >= 4 is 32.9 Å². The van der Waals surface area contributed by atoms with Gasteiger partial charge in [0.1, 0.15) is 5.82 Å². The predicted molar refractivity (Wildman–Crippen MR) is 92.7 cm³/mol. The summed E-state index contributed by atoms with van der Waals surface area (Å²) in [5.74, 6) is 2.73. The third-order valence-electron chi connectivity index (χ3n) is 4.68. The van der Waals surface area contributed by atoms with E-state index in [1.807, 2.05) is 0 Å². The monoisotopic (exact) mass is 369 g/mol. The van der Waals surface area contributed by atoms with Crippen molar-refractivity contribution in [2.24, 2.45) is 0 Å². The highest BCUT2D eigenvalue weighted by Crippen LogP contribution is 2.43. The van der Waals surface area contributed by atoms with E-state index >= 15 is 0 Å². The van der Waals surface area contributed by atoms with Gasteiger partial charge in [0.15, 0.2) is 0 Å². The fourth-order valence-corrected chi connectivity index (χ4v) is 3.53. The Morgan fingerprint density at radius 1 is 1.04 bits per heavy atom. The zero-order valence-electron chi connectivity index (χ0n) is 12.6. The topological polar surface area (TPSA) is 46.8 Å². The van der Waals surface area contributed by atoms with Gasteiger partial charge in [0.05, 0.1) is 21.5 Å². The van der Waals surface area contributed by atoms with Crippen LogP contribution in [-0.2, 0) is 0 Å². The molecule has 0 N–H and O–H groups in total. The van der Waals surface area contributed by atoms with E-state index in [0.29, 0.717) is 12.0 Å². The lowest BCUT2D eigenvalue weighted by molar-refractivity contribution is 0.392. The summed E-state index contributed by atoms with van der Waals surface area (Å²) >= 11 is 3.38. The van der Waals surface area contributed by atoms with Crippen LogP contribution in [0.1, 0.15) is 30.6 Å². The summed E-state index contributed by atoms with van der Waals surface area (Å²) in [6.07, 6.45) is 6.15. The van der Waals surface area contributed by atoms with E-state index < -0.39 is 0 Å². The van der Waals surface area contributed by atoms with Crippen molar-refractivity contribution in [2.75, 3.05) is 18.0 Å². The Hall–Kier alpha value is -1.95. The van der Waals surface area contributed by atoms with Crippen molar-refractivity contribution < 1.29 is 0 Å². The van der Waals surface area contributed by atoms with E-state index in [-0.39, 0.29) is 0 Å². The Labute approximate surface area is 142 Å². The normalized spacial score (nSPS) is 18.4. The molecule has 2 aliphatic rings. The van der Waals surface area contributed by atoms with Crippen LogP contribution >= 0.6 is 15.9 Å². The first-order valence-electron chi connectivity index (χ1n) is 7.99. The summed E-state index contributed by atoms with van der Waals surface area (Å²) in [6, 6.07) is 8.94. The molecule has 5 nitrogen and oxygen atoms in total. The van der Waals surface area contributed by atoms with Gasteiger partial charge in [-0.25, -0.2) is 15.0 Å². The average Bonchev–Trinajstić information content (AvgIpc) is 3.30. The SMILES string of the molecule is Brc1cnc(N2CC(n3c(C4CC4)nc4ccccc43)C2)nc1. The van der Waals surface area contributed by atoms with Crippen LogP contribution in [0, 0.1) is 0 Å². The number of rotatable bonds is 3. The van der Waals surface area contributed by atoms with Crippen LogP contribution in [0.4, 0.5) is 5.95 Å². The number of aromatic nitrogens is 4. The fraction of sp³-hybridized carbons (Fsp3) is 0.353.